The Hall–Kier alpha value is -1.62. The minimum absolute atomic E-state index is 0.379. The van der Waals surface area contributed by atoms with Crippen molar-refractivity contribution in [1.82, 2.24) is 9.97 Å². The SMILES string of the molecule is CC[C@H](C)Nc1nc(C)cc(N2CCc3cc(Br)ccc3C2)n1. The van der Waals surface area contributed by atoms with Crippen LogP contribution in [-0.4, -0.2) is 22.6 Å². The van der Waals surface area contributed by atoms with E-state index < -0.39 is 0 Å². The second-order valence-corrected chi connectivity index (χ2v) is 7.15. The van der Waals surface area contributed by atoms with Gasteiger partial charge in [-0.2, -0.15) is 4.98 Å². The summed E-state index contributed by atoms with van der Waals surface area (Å²) in [6.45, 7) is 8.24. The molecule has 1 N–H and O–H groups in total. The third-order valence-corrected chi connectivity index (χ3v) is 4.83. The van der Waals surface area contributed by atoms with Crippen LogP contribution < -0.4 is 10.2 Å². The van der Waals surface area contributed by atoms with Gasteiger partial charge in [-0.3, -0.25) is 0 Å². The molecule has 1 aromatic heterocycles. The van der Waals surface area contributed by atoms with Gasteiger partial charge >= 0.3 is 0 Å². The average Bonchev–Trinajstić information content (AvgIpc) is 2.53. The van der Waals surface area contributed by atoms with Crippen LogP contribution in [0.15, 0.2) is 28.7 Å². The topological polar surface area (TPSA) is 41.1 Å². The molecule has 0 amide bonds. The van der Waals surface area contributed by atoms with E-state index in [9.17, 15) is 0 Å². The van der Waals surface area contributed by atoms with Crippen molar-refractivity contribution in [1.29, 1.82) is 0 Å². The molecule has 1 aliphatic rings. The van der Waals surface area contributed by atoms with Gasteiger partial charge in [0.1, 0.15) is 5.82 Å². The van der Waals surface area contributed by atoms with Crippen LogP contribution in [0.1, 0.15) is 37.1 Å². The van der Waals surface area contributed by atoms with Gasteiger partial charge in [0.15, 0.2) is 0 Å². The maximum atomic E-state index is 4.73. The Morgan fingerprint density at radius 2 is 2.09 bits per heavy atom. The Labute approximate surface area is 146 Å². The number of nitrogens with zero attached hydrogens (tertiary/aromatic N) is 3. The molecule has 0 saturated carbocycles. The van der Waals surface area contributed by atoms with Gasteiger partial charge in [-0.05, 0) is 49.9 Å². The van der Waals surface area contributed by atoms with Gasteiger partial charge in [0.2, 0.25) is 5.95 Å². The summed E-state index contributed by atoms with van der Waals surface area (Å²) in [5.41, 5.74) is 3.81. The predicted molar refractivity (Wildman–Crippen MR) is 99.0 cm³/mol. The molecule has 5 heteroatoms. The number of anilines is 2. The highest BCUT2D eigenvalue weighted by atomic mass is 79.9. The van der Waals surface area contributed by atoms with Crippen LogP contribution in [0.3, 0.4) is 0 Å². The lowest BCUT2D eigenvalue weighted by Gasteiger charge is -2.30. The number of nitrogens with one attached hydrogen (secondary N) is 1. The molecule has 0 aliphatic carbocycles. The molecule has 2 aromatic rings. The molecule has 0 unspecified atom stereocenters. The highest BCUT2D eigenvalue weighted by Gasteiger charge is 2.19. The lowest BCUT2D eigenvalue weighted by Crippen LogP contribution is -2.31. The van der Waals surface area contributed by atoms with Gasteiger partial charge in [-0.15, -0.1) is 0 Å². The second kappa shape index (κ2) is 6.87. The molecule has 1 atom stereocenters. The van der Waals surface area contributed by atoms with E-state index in [0.717, 1.165) is 47.9 Å². The summed E-state index contributed by atoms with van der Waals surface area (Å²) in [7, 11) is 0. The molecular formula is C18H23BrN4. The Kier molecular flexibility index (Phi) is 4.85. The number of halogens is 1. The van der Waals surface area contributed by atoms with Gasteiger partial charge in [0.25, 0.3) is 0 Å². The van der Waals surface area contributed by atoms with Crippen LogP contribution in [0.2, 0.25) is 0 Å². The molecule has 0 spiro atoms. The Morgan fingerprint density at radius 1 is 1.26 bits per heavy atom. The predicted octanol–water partition coefficient (Wildman–Crippen LogP) is 4.32. The van der Waals surface area contributed by atoms with E-state index in [2.05, 4.69) is 69.2 Å². The number of aryl methyl sites for hydroxylation is 1. The molecule has 0 radical (unpaired) electrons. The monoisotopic (exact) mass is 374 g/mol. The quantitative estimate of drug-likeness (QED) is 0.864. The number of hydrogen-bond acceptors (Lipinski definition) is 4. The Morgan fingerprint density at radius 3 is 2.87 bits per heavy atom. The summed E-state index contributed by atoms with van der Waals surface area (Å²) in [6.07, 6.45) is 2.10. The van der Waals surface area contributed by atoms with Gasteiger partial charge < -0.3 is 10.2 Å². The first-order chi connectivity index (χ1) is 11.0. The molecule has 0 fully saturated rings. The van der Waals surface area contributed by atoms with E-state index in [1.54, 1.807) is 0 Å². The van der Waals surface area contributed by atoms with Crippen LogP contribution in [-0.2, 0) is 13.0 Å². The molecular weight excluding hydrogens is 352 g/mol. The van der Waals surface area contributed by atoms with Crippen molar-refractivity contribution < 1.29 is 0 Å². The molecule has 0 bridgehead atoms. The molecule has 122 valence electrons. The fraction of sp³-hybridized carbons (Fsp3) is 0.444. The maximum Gasteiger partial charge on any atom is 0.225 e. The fourth-order valence-electron chi connectivity index (χ4n) is 2.82. The number of rotatable bonds is 4. The molecule has 23 heavy (non-hydrogen) atoms. The standard InChI is InChI=1S/C18H23BrN4/c1-4-12(2)20-18-21-13(3)9-17(22-18)23-8-7-14-10-16(19)6-5-15(14)11-23/h5-6,9-10,12H,4,7-8,11H2,1-3H3,(H,20,21,22)/t12-/m0/s1. The van der Waals surface area contributed by atoms with E-state index in [-0.39, 0.29) is 0 Å². The van der Waals surface area contributed by atoms with Crippen LogP contribution in [0, 0.1) is 6.92 Å². The summed E-state index contributed by atoms with van der Waals surface area (Å²) in [5, 5.41) is 3.38. The maximum absolute atomic E-state index is 4.73. The van der Waals surface area contributed by atoms with Crippen molar-refractivity contribution in [3.05, 3.63) is 45.6 Å². The van der Waals surface area contributed by atoms with Crippen molar-refractivity contribution in [2.24, 2.45) is 0 Å². The van der Waals surface area contributed by atoms with Crippen molar-refractivity contribution in [3.8, 4) is 0 Å². The van der Waals surface area contributed by atoms with Gasteiger partial charge in [0, 0.05) is 35.4 Å². The van der Waals surface area contributed by atoms with E-state index in [0.29, 0.717) is 6.04 Å². The molecule has 0 saturated heterocycles. The molecule has 2 heterocycles. The minimum atomic E-state index is 0.379. The van der Waals surface area contributed by atoms with E-state index in [4.69, 9.17) is 4.98 Å². The Balaban J connectivity index is 1.83. The summed E-state index contributed by atoms with van der Waals surface area (Å²) in [6, 6.07) is 9.00. The number of hydrogen-bond donors (Lipinski definition) is 1. The molecule has 1 aromatic carbocycles. The highest BCUT2D eigenvalue weighted by Crippen LogP contribution is 2.26. The zero-order chi connectivity index (χ0) is 16.4. The van der Waals surface area contributed by atoms with Crippen LogP contribution in [0.5, 0.6) is 0 Å². The first-order valence-electron chi connectivity index (χ1n) is 8.19. The van der Waals surface area contributed by atoms with Crippen molar-refractivity contribution in [2.45, 2.75) is 46.2 Å². The smallest absolute Gasteiger partial charge is 0.225 e. The molecule has 1 aliphatic heterocycles. The normalized spacial score (nSPS) is 15.2. The van der Waals surface area contributed by atoms with Crippen LogP contribution in [0.25, 0.3) is 0 Å². The van der Waals surface area contributed by atoms with E-state index >= 15 is 0 Å². The second-order valence-electron chi connectivity index (χ2n) is 6.23. The van der Waals surface area contributed by atoms with Crippen molar-refractivity contribution in [2.75, 3.05) is 16.8 Å². The first-order valence-corrected chi connectivity index (χ1v) is 8.99. The van der Waals surface area contributed by atoms with E-state index in [1.807, 2.05) is 6.92 Å². The van der Waals surface area contributed by atoms with Gasteiger partial charge in [-0.1, -0.05) is 28.9 Å². The number of aromatic nitrogens is 2. The first kappa shape index (κ1) is 16.2. The molecule has 4 nitrogen and oxygen atoms in total. The number of fused-ring (bicyclic) bond motifs is 1. The third-order valence-electron chi connectivity index (χ3n) is 4.33. The highest BCUT2D eigenvalue weighted by molar-refractivity contribution is 9.10. The third kappa shape index (κ3) is 3.83. The van der Waals surface area contributed by atoms with Crippen molar-refractivity contribution >= 4 is 27.7 Å². The average molecular weight is 375 g/mol. The zero-order valence-electron chi connectivity index (χ0n) is 13.9. The summed E-state index contributed by atoms with van der Waals surface area (Å²) in [4.78, 5) is 11.6. The summed E-state index contributed by atoms with van der Waals surface area (Å²) in [5.74, 6) is 1.74. The lowest BCUT2D eigenvalue weighted by molar-refractivity contribution is 0.713. The van der Waals surface area contributed by atoms with Crippen molar-refractivity contribution in [3.63, 3.8) is 0 Å². The van der Waals surface area contributed by atoms with Gasteiger partial charge in [-0.25, -0.2) is 4.98 Å². The molecule has 3 rings (SSSR count). The van der Waals surface area contributed by atoms with Crippen LogP contribution >= 0.6 is 15.9 Å². The lowest BCUT2D eigenvalue weighted by atomic mass is 10.00. The van der Waals surface area contributed by atoms with Crippen LogP contribution in [0.4, 0.5) is 11.8 Å². The minimum Gasteiger partial charge on any atom is -0.352 e. The summed E-state index contributed by atoms with van der Waals surface area (Å²) < 4.78 is 1.16. The van der Waals surface area contributed by atoms with Gasteiger partial charge in [0.05, 0.1) is 0 Å². The fourth-order valence-corrected chi connectivity index (χ4v) is 3.23. The Bertz CT molecular complexity index is 701. The van der Waals surface area contributed by atoms with E-state index in [1.165, 1.54) is 11.1 Å². The summed E-state index contributed by atoms with van der Waals surface area (Å²) >= 11 is 3.56. The largest absolute Gasteiger partial charge is 0.352 e. The number of benzene rings is 1. The zero-order valence-corrected chi connectivity index (χ0v) is 15.5.